The van der Waals surface area contributed by atoms with Crippen LogP contribution in [0.3, 0.4) is 0 Å². The van der Waals surface area contributed by atoms with E-state index in [0.717, 1.165) is 31.4 Å². The van der Waals surface area contributed by atoms with E-state index >= 15 is 0 Å². The van der Waals surface area contributed by atoms with Gasteiger partial charge in [-0.25, -0.2) is 3.63 Å². The zero-order valence-electron chi connectivity index (χ0n) is 22.0. The van der Waals surface area contributed by atoms with E-state index in [4.69, 9.17) is 3.63 Å². The topological polar surface area (TPSA) is 43.4 Å². The summed E-state index contributed by atoms with van der Waals surface area (Å²) in [5, 5.41) is 2.34. The third-order valence-corrected chi connectivity index (χ3v) is 12.1. The normalized spacial score (nSPS) is 12.3. The highest BCUT2D eigenvalue weighted by Crippen LogP contribution is 2.70. The van der Waals surface area contributed by atoms with Crippen LogP contribution in [0.4, 0.5) is 0 Å². The van der Waals surface area contributed by atoms with Crippen LogP contribution < -0.4 is 0 Å². The van der Waals surface area contributed by atoms with Crippen LogP contribution in [-0.4, -0.2) is 8.42 Å². The molecule has 5 heteroatoms. The van der Waals surface area contributed by atoms with Crippen LogP contribution in [0.5, 0.6) is 0 Å². The molecule has 0 heterocycles. The monoisotopic (exact) mass is 560 g/mol. The van der Waals surface area contributed by atoms with Crippen LogP contribution in [0.25, 0.3) is 21.9 Å². The molecule has 0 N–H and O–H groups in total. The summed E-state index contributed by atoms with van der Waals surface area (Å²) in [5.41, 5.74) is 3.15. The third kappa shape index (κ3) is 4.84. The fraction of sp³-hybridized carbons (Fsp3) is 0.0286. The van der Waals surface area contributed by atoms with Crippen LogP contribution in [0.1, 0.15) is 5.56 Å². The number of aryl methyl sites for hydroxylation is 1. The molecular formula is C35H28O3S2. The van der Waals surface area contributed by atoms with Crippen molar-refractivity contribution in [3.63, 3.8) is 0 Å². The van der Waals surface area contributed by atoms with E-state index in [1.54, 1.807) is 24.3 Å². The van der Waals surface area contributed by atoms with Gasteiger partial charge in [0.25, 0.3) is 0 Å². The summed E-state index contributed by atoms with van der Waals surface area (Å²) in [6.45, 7) is 1.93. The first-order valence-corrected chi connectivity index (χ1v) is 16.0. The van der Waals surface area contributed by atoms with Gasteiger partial charge in [0, 0.05) is 14.7 Å². The molecule has 0 unspecified atom stereocenters. The predicted octanol–water partition coefficient (Wildman–Crippen LogP) is 9.42. The Labute approximate surface area is 237 Å². The van der Waals surface area contributed by atoms with Crippen LogP contribution in [0.15, 0.2) is 171 Å². The third-order valence-electron chi connectivity index (χ3n) is 6.94. The van der Waals surface area contributed by atoms with E-state index in [9.17, 15) is 8.42 Å². The fourth-order valence-corrected chi connectivity index (χ4v) is 10.2. The first-order valence-electron chi connectivity index (χ1n) is 13.0. The maximum Gasteiger partial charge on any atom is 0.307 e. The molecule has 0 saturated heterocycles. The van der Waals surface area contributed by atoms with E-state index < -0.39 is 20.4 Å². The molecule has 40 heavy (non-hydrogen) atoms. The maximum absolute atomic E-state index is 13.9. The van der Waals surface area contributed by atoms with Crippen molar-refractivity contribution >= 4 is 31.2 Å². The molecule has 6 aromatic rings. The molecule has 6 rings (SSSR count). The first-order chi connectivity index (χ1) is 19.5. The van der Waals surface area contributed by atoms with Gasteiger partial charge in [-0.2, -0.15) is 8.42 Å². The van der Waals surface area contributed by atoms with E-state index in [1.165, 1.54) is 10.8 Å². The summed E-state index contributed by atoms with van der Waals surface area (Å²) in [6, 6.07) is 48.9. The van der Waals surface area contributed by atoms with Crippen molar-refractivity contribution in [3.05, 3.63) is 157 Å². The van der Waals surface area contributed by atoms with Gasteiger partial charge in [0.1, 0.15) is 0 Å². The van der Waals surface area contributed by atoms with Crippen LogP contribution in [0, 0.1) is 6.92 Å². The van der Waals surface area contributed by atoms with Gasteiger partial charge in [0.05, 0.1) is 4.90 Å². The minimum Gasteiger partial charge on any atom is -0.203 e. The number of hydrogen-bond acceptors (Lipinski definition) is 3. The molecule has 0 atom stereocenters. The molecule has 0 spiro atoms. The van der Waals surface area contributed by atoms with Crippen molar-refractivity contribution in [1.82, 2.24) is 0 Å². The number of fused-ring (bicyclic) bond motifs is 1. The van der Waals surface area contributed by atoms with Crippen molar-refractivity contribution in [3.8, 4) is 11.1 Å². The van der Waals surface area contributed by atoms with Gasteiger partial charge in [0.15, 0.2) is 0 Å². The molecule has 0 aliphatic carbocycles. The second-order valence-electron chi connectivity index (χ2n) is 9.57. The lowest BCUT2D eigenvalue weighted by atomic mass is 9.98. The number of rotatable bonds is 7. The molecule has 3 nitrogen and oxygen atoms in total. The summed E-state index contributed by atoms with van der Waals surface area (Å²) < 4.78 is 34.3. The Morgan fingerprint density at radius 1 is 0.475 bits per heavy atom. The van der Waals surface area contributed by atoms with Gasteiger partial charge in [-0.15, -0.1) is 0 Å². The SMILES string of the molecule is Cc1ccc(S(=O)(=O)OS(c2ccccc2)(c2ccccc2)c2ccc(-c3cccc4ccccc34)cc2)cc1. The lowest BCUT2D eigenvalue weighted by Crippen LogP contribution is -2.14. The Bertz CT molecular complexity index is 1820. The van der Waals surface area contributed by atoms with Crippen molar-refractivity contribution in [2.24, 2.45) is 0 Å². The zero-order valence-corrected chi connectivity index (χ0v) is 23.6. The van der Waals surface area contributed by atoms with E-state index in [-0.39, 0.29) is 4.90 Å². The number of benzene rings is 6. The minimum atomic E-state index is -4.13. The van der Waals surface area contributed by atoms with Gasteiger partial charge >= 0.3 is 10.1 Å². The van der Waals surface area contributed by atoms with Crippen molar-refractivity contribution in [1.29, 1.82) is 0 Å². The Morgan fingerprint density at radius 2 is 0.975 bits per heavy atom. The minimum absolute atomic E-state index is 0.134. The largest absolute Gasteiger partial charge is 0.307 e. The molecular weight excluding hydrogens is 533 g/mol. The Kier molecular flexibility index (Phi) is 7.03. The molecule has 6 aromatic carbocycles. The molecule has 0 amide bonds. The lowest BCUT2D eigenvalue weighted by Gasteiger charge is -2.39. The van der Waals surface area contributed by atoms with Gasteiger partial charge in [0.2, 0.25) is 0 Å². The van der Waals surface area contributed by atoms with Gasteiger partial charge in [-0.1, -0.05) is 109 Å². The number of hydrogen-bond donors (Lipinski definition) is 0. The maximum atomic E-state index is 13.9. The zero-order chi connectivity index (χ0) is 27.6. The highest BCUT2D eigenvalue weighted by molar-refractivity contribution is 8.33. The second kappa shape index (κ2) is 10.8. The van der Waals surface area contributed by atoms with E-state index in [0.29, 0.717) is 0 Å². The Morgan fingerprint density at radius 3 is 1.60 bits per heavy atom. The lowest BCUT2D eigenvalue weighted by molar-refractivity contribution is 0.508. The molecule has 0 aliphatic rings. The molecule has 0 aliphatic heterocycles. The van der Waals surface area contributed by atoms with Crippen molar-refractivity contribution < 1.29 is 12.0 Å². The quantitative estimate of drug-likeness (QED) is 0.195. The van der Waals surface area contributed by atoms with Crippen LogP contribution in [-0.2, 0) is 13.7 Å². The fourth-order valence-electron chi connectivity index (χ4n) is 4.93. The van der Waals surface area contributed by atoms with Gasteiger partial charge < -0.3 is 0 Å². The molecule has 0 aromatic heterocycles. The first kappa shape index (κ1) is 26.1. The van der Waals surface area contributed by atoms with Gasteiger partial charge in [-0.05, 0) is 87.7 Å². The molecule has 0 bridgehead atoms. The summed E-state index contributed by atoms with van der Waals surface area (Å²) >= 11 is 0. The molecule has 0 fully saturated rings. The van der Waals surface area contributed by atoms with Gasteiger partial charge in [-0.3, -0.25) is 0 Å². The highest BCUT2D eigenvalue weighted by atomic mass is 32.3. The summed E-state index contributed by atoms with van der Waals surface area (Å²) in [7, 11) is -6.81. The molecule has 198 valence electrons. The summed E-state index contributed by atoms with van der Waals surface area (Å²) in [5.74, 6) is 0. The predicted molar refractivity (Wildman–Crippen MR) is 164 cm³/mol. The van der Waals surface area contributed by atoms with Crippen LogP contribution in [0.2, 0.25) is 0 Å². The summed E-state index contributed by atoms with van der Waals surface area (Å²) in [4.78, 5) is 2.53. The second-order valence-corrected chi connectivity index (χ2v) is 14.0. The smallest absolute Gasteiger partial charge is 0.203 e. The summed E-state index contributed by atoms with van der Waals surface area (Å²) in [6.07, 6.45) is 0. The molecule has 0 radical (unpaired) electrons. The van der Waals surface area contributed by atoms with E-state index in [2.05, 4.69) is 42.5 Å². The van der Waals surface area contributed by atoms with Crippen molar-refractivity contribution in [2.45, 2.75) is 26.5 Å². The molecule has 0 saturated carbocycles. The highest BCUT2D eigenvalue weighted by Gasteiger charge is 2.38. The average Bonchev–Trinajstić information content (AvgIpc) is 3.01. The Balaban J connectivity index is 1.56. The average molecular weight is 561 g/mol. The van der Waals surface area contributed by atoms with Crippen molar-refractivity contribution in [2.75, 3.05) is 0 Å². The van der Waals surface area contributed by atoms with E-state index in [1.807, 2.05) is 91.9 Å². The Hall–Kier alpha value is -4.16. The van der Waals surface area contributed by atoms with Crippen LogP contribution >= 0.6 is 10.3 Å². The standard InChI is InChI=1S/C35H28O3S2/c1-27-19-23-33(24-20-27)40(36,37)38-39(30-13-4-2-5-14-30,31-15-6-3-7-16-31)32-25-21-29(22-26-32)35-18-10-12-28-11-8-9-17-34(28)35/h2-26H,1H3.